The molecule has 0 atom stereocenters. The summed E-state index contributed by atoms with van der Waals surface area (Å²) in [5.41, 5.74) is 13.1. The Bertz CT molecular complexity index is 3320. The van der Waals surface area contributed by atoms with Crippen LogP contribution in [0.4, 0.5) is 17.1 Å². The first-order chi connectivity index (χ1) is 33.2. The van der Waals surface area contributed by atoms with Gasteiger partial charge >= 0.3 is 0 Å². The van der Waals surface area contributed by atoms with Crippen LogP contribution in [-0.4, -0.2) is 12.6 Å². The number of nitrogens with zero attached hydrogens (tertiary/aromatic N) is 2. The molecule has 0 unspecified atom stereocenters. The normalized spacial score (nSPS) is 20.0. The van der Waals surface area contributed by atoms with Gasteiger partial charge in [0.2, 0.25) is 0 Å². The van der Waals surface area contributed by atoms with E-state index in [0.29, 0.717) is 11.8 Å². The van der Waals surface area contributed by atoms with Crippen molar-refractivity contribution in [2.75, 3.05) is 4.90 Å². The molecule has 4 saturated carbocycles. The number of anilines is 3. The molecule has 15 rings (SSSR count). The number of para-hydroxylation sites is 5. The third-order valence-corrected chi connectivity index (χ3v) is 21.7. The van der Waals surface area contributed by atoms with Gasteiger partial charge in [-0.1, -0.05) is 194 Å². The fourth-order valence-electron chi connectivity index (χ4n) is 14.7. The van der Waals surface area contributed by atoms with Crippen molar-refractivity contribution < 1.29 is 0 Å². The Labute approximate surface area is 394 Å². The first kappa shape index (κ1) is 39.0. The lowest BCUT2D eigenvalue weighted by molar-refractivity contribution is -0.0419. The third kappa shape index (κ3) is 5.55. The van der Waals surface area contributed by atoms with Crippen LogP contribution in [0.15, 0.2) is 231 Å². The van der Waals surface area contributed by atoms with Gasteiger partial charge in [0, 0.05) is 27.3 Å². The van der Waals surface area contributed by atoms with Crippen molar-refractivity contribution in [1.82, 2.24) is 4.57 Å². The summed E-state index contributed by atoms with van der Waals surface area (Å²) in [7, 11) is -2.81. The molecule has 1 aliphatic heterocycles. The molecule has 2 heterocycles. The van der Waals surface area contributed by atoms with E-state index in [4.69, 9.17) is 0 Å². The summed E-state index contributed by atoms with van der Waals surface area (Å²) in [6.07, 6.45) is 6.92. The number of rotatable bonds is 7. The maximum atomic E-state index is 2.64. The lowest BCUT2D eigenvalue weighted by atomic mass is 9.41. The van der Waals surface area contributed by atoms with E-state index in [1.807, 2.05) is 0 Å². The van der Waals surface area contributed by atoms with E-state index in [9.17, 15) is 0 Å². The maximum absolute atomic E-state index is 2.81. The van der Waals surface area contributed by atoms with E-state index in [1.54, 1.807) is 11.1 Å². The van der Waals surface area contributed by atoms with Gasteiger partial charge in [-0.15, -0.1) is 0 Å². The number of hydrogen-bond donors (Lipinski definition) is 0. The molecular formula is C64H52N2Si. The molecule has 0 saturated heterocycles. The summed E-state index contributed by atoms with van der Waals surface area (Å²) in [6, 6.07) is 87.8. The van der Waals surface area contributed by atoms with Crippen molar-refractivity contribution >= 4 is 67.7 Å². The van der Waals surface area contributed by atoms with Crippen molar-refractivity contribution in [3.63, 3.8) is 0 Å². The van der Waals surface area contributed by atoms with Crippen molar-refractivity contribution in [1.29, 1.82) is 0 Å². The molecule has 5 aliphatic rings. The SMILES string of the molecule is c1ccc([Si](c2ccccc2)(c2ccccc2)c2ccc3c4ccccc4n(-c4ccccc4-c4ccccc4N4c5ccccc5C5(c6ccccc64)C4CC6C[C@H](C4)C[C@H]5C6)c3c2)cc1. The average molecular weight is 877 g/mol. The van der Waals surface area contributed by atoms with Crippen molar-refractivity contribution in [3.8, 4) is 16.8 Å². The van der Waals surface area contributed by atoms with Gasteiger partial charge in [-0.05, 0) is 124 Å². The first-order valence-electron chi connectivity index (χ1n) is 24.6. The molecule has 4 fully saturated rings. The second-order valence-corrected chi connectivity index (χ2v) is 23.8. The number of fused-ring (bicyclic) bond motifs is 5. The van der Waals surface area contributed by atoms with Crippen LogP contribution in [0.2, 0.25) is 0 Å². The number of hydrogen-bond acceptors (Lipinski definition) is 1. The van der Waals surface area contributed by atoms with Gasteiger partial charge in [-0.2, -0.15) is 0 Å². The summed E-state index contributed by atoms with van der Waals surface area (Å²) in [5.74, 6) is 3.18. The largest absolute Gasteiger partial charge is 0.309 e. The second kappa shape index (κ2) is 15.2. The van der Waals surface area contributed by atoms with E-state index in [1.165, 1.54) is 109 Å². The molecule has 3 heteroatoms. The minimum atomic E-state index is -2.81. The predicted molar refractivity (Wildman–Crippen MR) is 282 cm³/mol. The quantitative estimate of drug-likeness (QED) is 0.114. The van der Waals surface area contributed by atoms with Crippen LogP contribution in [0, 0.1) is 23.7 Å². The number of aromatic nitrogens is 1. The molecule has 322 valence electrons. The molecule has 1 aromatic heterocycles. The fraction of sp³-hybridized carbons (Fsp3) is 0.156. The minimum absolute atomic E-state index is 0.0580. The highest BCUT2D eigenvalue weighted by molar-refractivity contribution is 7.20. The Kier molecular flexibility index (Phi) is 8.83. The third-order valence-electron chi connectivity index (χ3n) is 16.9. The maximum Gasteiger partial charge on any atom is 0.179 e. The molecule has 67 heavy (non-hydrogen) atoms. The Balaban J connectivity index is 1.00. The summed E-state index contributed by atoms with van der Waals surface area (Å²) < 4.78 is 2.57. The average Bonchev–Trinajstić information content (AvgIpc) is 3.72. The van der Waals surface area contributed by atoms with E-state index < -0.39 is 8.07 Å². The number of benzene rings is 9. The van der Waals surface area contributed by atoms with Crippen LogP contribution in [-0.2, 0) is 5.41 Å². The van der Waals surface area contributed by atoms with Gasteiger partial charge in [0.05, 0.1) is 33.8 Å². The van der Waals surface area contributed by atoms with Crippen molar-refractivity contribution in [2.45, 2.75) is 37.5 Å². The van der Waals surface area contributed by atoms with Crippen LogP contribution in [0.1, 0.15) is 43.2 Å². The molecule has 0 radical (unpaired) electrons. The van der Waals surface area contributed by atoms with Crippen LogP contribution < -0.4 is 25.6 Å². The van der Waals surface area contributed by atoms with Crippen molar-refractivity contribution in [2.24, 2.45) is 23.7 Å². The standard InChI is InChI=1S/C64H52N2Si/c1-4-20-48(21-5-1)67(49-22-6-2-7-23-49,50-24-8-3-9-25-50)51-36-37-55-54-28-12-16-32-59(54)65(63(55)43-51)58-31-15-10-26-52(58)53-27-11-17-33-60(53)66-61-34-18-13-29-56(61)64(57-30-14-19-35-62(57)66)46-39-44-38-45(41-46)42-47(64)40-44/h1-37,43-47H,38-42H2/t44-,45?,46-,47?/m0/s1. The van der Waals surface area contributed by atoms with Crippen LogP contribution in [0.3, 0.4) is 0 Å². The zero-order valence-electron chi connectivity index (χ0n) is 37.7. The molecule has 0 N–H and O–H groups in total. The lowest BCUT2D eigenvalue weighted by Crippen LogP contribution is -2.74. The van der Waals surface area contributed by atoms with Gasteiger partial charge in [-0.25, -0.2) is 0 Å². The Morgan fingerprint density at radius 3 is 1.34 bits per heavy atom. The Hall–Kier alpha value is -7.20. The van der Waals surface area contributed by atoms with E-state index >= 15 is 0 Å². The Morgan fingerprint density at radius 2 is 0.776 bits per heavy atom. The highest BCUT2D eigenvalue weighted by atomic mass is 28.3. The van der Waals surface area contributed by atoms with Gasteiger partial charge < -0.3 is 9.47 Å². The summed E-state index contributed by atoms with van der Waals surface area (Å²) >= 11 is 0. The zero-order chi connectivity index (χ0) is 44.1. The molecule has 4 aliphatic carbocycles. The lowest BCUT2D eigenvalue weighted by Gasteiger charge is -2.64. The van der Waals surface area contributed by atoms with E-state index in [0.717, 1.165) is 11.8 Å². The van der Waals surface area contributed by atoms with Crippen LogP contribution in [0.5, 0.6) is 0 Å². The van der Waals surface area contributed by atoms with Gasteiger partial charge in [0.15, 0.2) is 8.07 Å². The molecule has 10 aromatic rings. The molecular weight excluding hydrogens is 825 g/mol. The van der Waals surface area contributed by atoms with Crippen LogP contribution in [0.25, 0.3) is 38.6 Å². The summed E-state index contributed by atoms with van der Waals surface area (Å²) in [4.78, 5) is 2.64. The first-order valence-corrected chi connectivity index (χ1v) is 26.6. The van der Waals surface area contributed by atoms with Crippen LogP contribution >= 0.6 is 0 Å². The molecule has 2 nitrogen and oxygen atoms in total. The molecule has 4 bridgehead atoms. The predicted octanol–water partition coefficient (Wildman–Crippen LogP) is 13.4. The monoisotopic (exact) mass is 876 g/mol. The summed E-state index contributed by atoms with van der Waals surface area (Å²) in [5, 5.41) is 8.02. The highest BCUT2D eigenvalue weighted by Crippen LogP contribution is 2.69. The zero-order valence-corrected chi connectivity index (χ0v) is 38.7. The van der Waals surface area contributed by atoms with Crippen molar-refractivity contribution in [3.05, 3.63) is 242 Å². The highest BCUT2D eigenvalue weighted by Gasteiger charge is 2.61. The topological polar surface area (TPSA) is 8.17 Å². The van der Waals surface area contributed by atoms with Gasteiger partial charge in [0.25, 0.3) is 0 Å². The fourth-order valence-corrected chi connectivity index (χ4v) is 19.5. The molecule has 0 amide bonds. The van der Waals surface area contributed by atoms with Gasteiger partial charge in [-0.3, -0.25) is 0 Å². The minimum Gasteiger partial charge on any atom is -0.309 e. The second-order valence-electron chi connectivity index (χ2n) is 20.0. The molecule has 9 aromatic carbocycles. The van der Waals surface area contributed by atoms with E-state index in [2.05, 4.69) is 240 Å². The van der Waals surface area contributed by atoms with Gasteiger partial charge in [0.1, 0.15) is 0 Å². The molecule has 1 spiro atoms. The smallest absolute Gasteiger partial charge is 0.179 e. The Morgan fingerprint density at radius 1 is 0.343 bits per heavy atom. The summed E-state index contributed by atoms with van der Waals surface area (Å²) in [6.45, 7) is 0. The van der Waals surface area contributed by atoms with E-state index in [-0.39, 0.29) is 5.41 Å².